The molecule has 1 amide bonds. The van der Waals surface area contributed by atoms with Gasteiger partial charge in [0.15, 0.2) is 5.82 Å². The van der Waals surface area contributed by atoms with Crippen molar-refractivity contribution in [3.8, 4) is 0 Å². The van der Waals surface area contributed by atoms with Gasteiger partial charge in [-0.25, -0.2) is 4.98 Å². The first-order valence-corrected chi connectivity index (χ1v) is 9.00. The third-order valence-corrected chi connectivity index (χ3v) is 5.02. The van der Waals surface area contributed by atoms with Crippen molar-refractivity contribution in [1.82, 2.24) is 9.55 Å². The van der Waals surface area contributed by atoms with E-state index in [1.54, 1.807) is 65.7 Å². The lowest BCUT2D eigenvalue weighted by molar-refractivity contribution is -0.111. The Bertz CT molecular complexity index is 941. The quantitative estimate of drug-likeness (QED) is 0.503. The zero-order valence-corrected chi connectivity index (χ0v) is 15.7. The number of halogens is 1. The summed E-state index contributed by atoms with van der Waals surface area (Å²) < 4.78 is 2.69. The number of nitrogens with zero attached hydrogens (tertiary/aromatic N) is 2. The highest BCUT2D eigenvalue weighted by molar-refractivity contribution is 9.11. The highest BCUT2D eigenvalue weighted by Gasteiger charge is 2.13. The van der Waals surface area contributed by atoms with Gasteiger partial charge in [-0.05, 0) is 58.4 Å². The molecule has 0 radical (unpaired) electrons. The third kappa shape index (κ3) is 4.32. The number of benzene rings is 1. The zero-order chi connectivity index (χ0) is 17.8. The molecule has 0 bridgehead atoms. The molecule has 0 saturated carbocycles. The summed E-state index contributed by atoms with van der Waals surface area (Å²) in [6.07, 6.45) is 6.54. The van der Waals surface area contributed by atoms with E-state index >= 15 is 0 Å². The van der Waals surface area contributed by atoms with E-state index in [1.165, 1.54) is 6.08 Å². The van der Waals surface area contributed by atoms with E-state index in [0.29, 0.717) is 17.1 Å². The second-order valence-corrected chi connectivity index (χ2v) is 7.73. The maximum Gasteiger partial charge on any atom is 0.248 e. The van der Waals surface area contributed by atoms with Crippen LogP contribution in [0.2, 0.25) is 0 Å². The number of aryl methyl sites for hydroxylation is 1. The summed E-state index contributed by atoms with van der Waals surface area (Å²) in [5, 5.41) is 2.77. The van der Waals surface area contributed by atoms with Gasteiger partial charge in [0.05, 0.1) is 3.79 Å². The maximum atomic E-state index is 12.3. The van der Waals surface area contributed by atoms with Crippen molar-refractivity contribution in [2.75, 3.05) is 5.32 Å². The SMILES string of the molecule is Cn1ccnc1C(=O)c1ccc(NC(=O)/C=C/c2ccc(Br)s2)cc1. The number of nitrogens with one attached hydrogen (secondary N) is 1. The second kappa shape index (κ2) is 7.58. The van der Waals surface area contributed by atoms with Gasteiger partial charge in [0.25, 0.3) is 0 Å². The Hall–Kier alpha value is -2.51. The number of rotatable bonds is 5. The minimum Gasteiger partial charge on any atom is -0.331 e. The van der Waals surface area contributed by atoms with Gasteiger partial charge in [0.2, 0.25) is 11.7 Å². The summed E-state index contributed by atoms with van der Waals surface area (Å²) in [7, 11) is 1.77. The monoisotopic (exact) mass is 415 g/mol. The second-order valence-electron chi connectivity index (χ2n) is 5.23. The Balaban J connectivity index is 1.64. The van der Waals surface area contributed by atoms with Crippen molar-refractivity contribution >= 4 is 50.7 Å². The Labute approximate surface area is 157 Å². The Kier molecular flexibility index (Phi) is 5.25. The molecule has 0 aliphatic carbocycles. The molecule has 1 aromatic carbocycles. The van der Waals surface area contributed by atoms with Crippen molar-refractivity contribution in [3.05, 3.63) is 74.9 Å². The molecule has 5 nitrogen and oxygen atoms in total. The van der Waals surface area contributed by atoms with E-state index in [2.05, 4.69) is 26.2 Å². The number of carbonyl (C=O) groups excluding carboxylic acids is 2. The van der Waals surface area contributed by atoms with Gasteiger partial charge in [0.1, 0.15) is 0 Å². The Morgan fingerprint density at radius 2 is 1.96 bits per heavy atom. The van der Waals surface area contributed by atoms with E-state index in [-0.39, 0.29) is 11.7 Å². The highest BCUT2D eigenvalue weighted by atomic mass is 79.9. The number of amides is 1. The first kappa shape index (κ1) is 17.3. The molecule has 2 heterocycles. The summed E-state index contributed by atoms with van der Waals surface area (Å²) in [5.74, 6) is -0.0110. The minimum atomic E-state index is -0.229. The van der Waals surface area contributed by atoms with Crippen LogP contribution in [0.4, 0.5) is 5.69 Å². The molecule has 0 saturated heterocycles. The number of hydrogen-bond donors (Lipinski definition) is 1. The number of imidazole rings is 1. The summed E-state index contributed by atoms with van der Waals surface area (Å²) in [5.41, 5.74) is 1.14. The molecule has 1 N–H and O–H groups in total. The molecule has 3 rings (SSSR count). The number of anilines is 1. The molecule has 0 aliphatic rings. The molecule has 2 aromatic heterocycles. The van der Waals surface area contributed by atoms with Gasteiger partial charge in [-0.2, -0.15) is 0 Å². The molecule has 7 heteroatoms. The molecule has 126 valence electrons. The molecule has 0 fully saturated rings. The van der Waals surface area contributed by atoms with Crippen LogP contribution in [0.3, 0.4) is 0 Å². The molecule has 0 unspecified atom stereocenters. The fourth-order valence-corrected chi connectivity index (χ4v) is 3.50. The lowest BCUT2D eigenvalue weighted by Gasteiger charge is -2.04. The summed E-state index contributed by atoms with van der Waals surface area (Å²) in [6.45, 7) is 0. The van der Waals surface area contributed by atoms with Gasteiger partial charge in [0, 0.05) is 41.6 Å². The third-order valence-electron chi connectivity index (χ3n) is 3.43. The van der Waals surface area contributed by atoms with E-state index in [4.69, 9.17) is 0 Å². The lowest BCUT2D eigenvalue weighted by atomic mass is 10.1. The van der Waals surface area contributed by atoms with Crippen LogP contribution in [0, 0.1) is 0 Å². The average molecular weight is 416 g/mol. The first-order chi connectivity index (χ1) is 12.0. The van der Waals surface area contributed by atoms with Gasteiger partial charge < -0.3 is 9.88 Å². The van der Waals surface area contributed by atoms with Crippen LogP contribution in [-0.4, -0.2) is 21.2 Å². The molecular weight excluding hydrogens is 402 g/mol. The van der Waals surface area contributed by atoms with Crippen LogP contribution in [0.25, 0.3) is 6.08 Å². The summed E-state index contributed by atoms with van der Waals surface area (Å²) in [6, 6.07) is 10.6. The zero-order valence-electron chi connectivity index (χ0n) is 13.3. The van der Waals surface area contributed by atoms with Gasteiger partial charge in [-0.1, -0.05) is 0 Å². The Morgan fingerprint density at radius 1 is 1.20 bits per heavy atom. The van der Waals surface area contributed by atoms with E-state index < -0.39 is 0 Å². The smallest absolute Gasteiger partial charge is 0.248 e. The van der Waals surface area contributed by atoms with Gasteiger partial charge in [-0.3, -0.25) is 9.59 Å². The van der Waals surface area contributed by atoms with Crippen LogP contribution in [0.15, 0.2) is 58.7 Å². The standard InChI is InChI=1S/C18H14BrN3O2S/c1-22-11-10-20-18(22)17(24)12-2-4-13(5-3-12)21-16(23)9-7-14-6-8-15(19)25-14/h2-11H,1H3,(H,21,23)/b9-7+. The molecule has 0 atom stereocenters. The fourth-order valence-electron chi connectivity index (χ4n) is 2.18. The topological polar surface area (TPSA) is 64.0 Å². The van der Waals surface area contributed by atoms with E-state index in [9.17, 15) is 9.59 Å². The van der Waals surface area contributed by atoms with Crippen molar-refractivity contribution in [2.45, 2.75) is 0 Å². The van der Waals surface area contributed by atoms with Gasteiger partial charge in [-0.15, -0.1) is 11.3 Å². The first-order valence-electron chi connectivity index (χ1n) is 7.39. The van der Waals surface area contributed by atoms with E-state index in [1.807, 2.05) is 12.1 Å². The van der Waals surface area contributed by atoms with Crippen LogP contribution < -0.4 is 5.32 Å². The minimum absolute atomic E-state index is 0.159. The molecule has 0 aliphatic heterocycles. The number of aromatic nitrogens is 2. The fraction of sp³-hybridized carbons (Fsp3) is 0.0556. The van der Waals surface area contributed by atoms with Crippen LogP contribution in [-0.2, 0) is 11.8 Å². The lowest BCUT2D eigenvalue weighted by Crippen LogP contribution is -2.10. The number of ketones is 1. The maximum absolute atomic E-state index is 12.3. The average Bonchev–Trinajstić information content (AvgIpc) is 3.21. The van der Waals surface area contributed by atoms with Crippen molar-refractivity contribution in [1.29, 1.82) is 0 Å². The number of thiophene rings is 1. The van der Waals surface area contributed by atoms with Crippen molar-refractivity contribution in [3.63, 3.8) is 0 Å². The van der Waals surface area contributed by atoms with Crippen LogP contribution in [0.5, 0.6) is 0 Å². The van der Waals surface area contributed by atoms with E-state index in [0.717, 1.165) is 8.66 Å². The van der Waals surface area contributed by atoms with Crippen molar-refractivity contribution < 1.29 is 9.59 Å². The number of hydrogen-bond acceptors (Lipinski definition) is 4. The van der Waals surface area contributed by atoms with Crippen LogP contribution >= 0.6 is 27.3 Å². The predicted octanol–water partition coefficient (Wildman–Crippen LogP) is 4.13. The molecule has 3 aromatic rings. The highest BCUT2D eigenvalue weighted by Crippen LogP contribution is 2.23. The largest absolute Gasteiger partial charge is 0.331 e. The molecule has 25 heavy (non-hydrogen) atoms. The van der Waals surface area contributed by atoms with Gasteiger partial charge >= 0.3 is 0 Å². The summed E-state index contributed by atoms with van der Waals surface area (Å²) >= 11 is 4.93. The Morgan fingerprint density at radius 3 is 2.56 bits per heavy atom. The van der Waals surface area contributed by atoms with Crippen molar-refractivity contribution in [2.24, 2.45) is 7.05 Å². The summed E-state index contributed by atoms with van der Waals surface area (Å²) in [4.78, 5) is 29.3. The molecule has 0 spiro atoms. The van der Waals surface area contributed by atoms with Crippen LogP contribution in [0.1, 0.15) is 21.1 Å². The number of carbonyl (C=O) groups is 2. The normalized spacial score (nSPS) is 11.0. The molecular formula is C18H14BrN3O2S. The predicted molar refractivity (Wildman–Crippen MR) is 103 cm³/mol.